The van der Waals surface area contributed by atoms with Crippen LogP contribution >= 0.6 is 11.6 Å². The molecule has 0 aliphatic heterocycles. The molecular weight excluding hydrogens is 230 g/mol. The van der Waals surface area contributed by atoms with Crippen LogP contribution in [0.4, 0.5) is 6.01 Å². The van der Waals surface area contributed by atoms with Gasteiger partial charge in [0.25, 0.3) is 0 Å². The highest BCUT2D eigenvalue weighted by Gasteiger charge is 2.29. The van der Waals surface area contributed by atoms with E-state index in [2.05, 4.69) is 10.2 Å². The fraction of sp³-hybridized carbons (Fsp3) is 0.800. The first-order valence-electron chi connectivity index (χ1n) is 5.43. The lowest BCUT2D eigenvalue weighted by atomic mass is 9.82. The number of nitrogens with zero attached hydrogens (tertiary/aromatic N) is 3. The van der Waals surface area contributed by atoms with Gasteiger partial charge < -0.3 is 14.4 Å². The molecule has 6 heteroatoms. The third kappa shape index (κ3) is 2.47. The predicted molar refractivity (Wildman–Crippen MR) is 60.6 cm³/mol. The molecule has 5 nitrogen and oxygen atoms in total. The summed E-state index contributed by atoms with van der Waals surface area (Å²) in [5.74, 6) is 0.959. The molecule has 1 unspecified atom stereocenters. The summed E-state index contributed by atoms with van der Waals surface area (Å²) in [6, 6.07) is 0.490. The maximum absolute atomic E-state index is 9.19. The van der Waals surface area contributed by atoms with Crippen LogP contribution in [-0.4, -0.2) is 35.0 Å². The molecule has 1 N–H and O–H groups in total. The van der Waals surface area contributed by atoms with Gasteiger partial charge in [-0.05, 0) is 25.7 Å². The van der Waals surface area contributed by atoms with E-state index in [1.807, 2.05) is 11.9 Å². The Balaban J connectivity index is 1.90. The third-order valence-corrected chi connectivity index (χ3v) is 3.03. The molecular formula is C10H16ClN3O2. The Hall–Kier alpha value is -0.810. The Kier molecular flexibility index (Phi) is 3.35. The zero-order valence-corrected chi connectivity index (χ0v) is 10.2. The largest absolute Gasteiger partial charge is 0.406 e. The summed E-state index contributed by atoms with van der Waals surface area (Å²) >= 11 is 5.84. The molecule has 0 amide bonds. The molecule has 0 aromatic carbocycles. The number of rotatable bonds is 4. The van der Waals surface area contributed by atoms with Crippen molar-refractivity contribution in [3.8, 4) is 0 Å². The van der Waals surface area contributed by atoms with Crippen LogP contribution in [-0.2, 0) is 0 Å². The topological polar surface area (TPSA) is 62.4 Å². The fourth-order valence-corrected chi connectivity index (χ4v) is 1.94. The summed E-state index contributed by atoms with van der Waals surface area (Å²) in [6.07, 6.45) is 1.59. The molecule has 1 aromatic heterocycles. The minimum absolute atomic E-state index is 0.125. The number of hydrogen-bond acceptors (Lipinski definition) is 5. The quantitative estimate of drug-likeness (QED) is 0.816. The highest BCUT2D eigenvalue weighted by atomic mass is 35.5. The van der Waals surface area contributed by atoms with E-state index in [1.165, 1.54) is 0 Å². The smallest absolute Gasteiger partial charge is 0.317 e. The van der Waals surface area contributed by atoms with Crippen molar-refractivity contribution in [3.05, 3.63) is 5.89 Å². The number of alkyl halides is 1. The van der Waals surface area contributed by atoms with Crippen LogP contribution < -0.4 is 4.90 Å². The summed E-state index contributed by atoms with van der Waals surface area (Å²) in [5, 5.41) is 16.7. The molecule has 2 rings (SSSR count). The van der Waals surface area contributed by atoms with E-state index in [4.69, 9.17) is 16.0 Å². The minimum Gasteiger partial charge on any atom is -0.406 e. The second-order valence-electron chi connectivity index (χ2n) is 4.41. The van der Waals surface area contributed by atoms with E-state index in [0.717, 1.165) is 19.4 Å². The first kappa shape index (κ1) is 11.7. The van der Waals surface area contributed by atoms with Gasteiger partial charge in [0.15, 0.2) is 0 Å². The molecule has 16 heavy (non-hydrogen) atoms. The molecule has 0 bridgehead atoms. The van der Waals surface area contributed by atoms with Crippen LogP contribution in [0.15, 0.2) is 4.42 Å². The predicted octanol–water partition coefficient (Wildman–Crippen LogP) is 1.58. The summed E-state index contributed by atoms with van der Waals surface area (Å²) in [6.45, 7) is 2.62. The molecule has 1 aromatic rings. The second kappa shape index (κ2) is 4.59. The summed E-state index contributed by atoms with van der Waals surface area (Å²) in [7, 11) is 1.90. The first-order valence-corrected chi connectivity index (χ1v) is 5.86. The van der Waals surface area contributed by atoms with Crippen LogP contribution in [0.2, 0.25) is 0 Å². The average Bonchev–Trinajstić information content (AvgIpc) is 2.63. The molecule has 0 radical (unpaired) electrons. The van der Waals surface area contributed by atoms with Gasteiger partial charge in [-0.2, -0.15) is 0 Å². The summed E-state index contributed by atoms with van der Waals surface area (Å²) in [4.78, 5) is 1.91. The normalized spacial score (nSPS) is 26.2. The number of aliphatic hydroxyl groups excluding tert-OH is 1. The number of hydrogen-bond donors (Lipinski definition) is 1. The molecule has 1 atom stereocenters. The van der Waals surface area contributed by atoms with Crippen molar-refractivity contribution >= 4 is 17.6 Å². The standard InChI is InChI=1S/C10H16ClN3O2/c1-6(11)9-12-13-10(16-9)14(2)5-7-3-8(15)4-7/h6-8,15H,3-5H2,1-2H3. The maximum atomic E-state index is 9.19. The Labute approximate surface area is 99.4 Å². The van der Waals surface area contributed by atoms with E-state index in [9.17, 15) is 5.11 Å². The van der Waals surface area contributed by atoms with Crippen molar-refractivity contribution in [1.29, 1.82) is 0 Å². The summed E-state index contributed by atoms with van der Waals surface area (Å²) < 4.78 is 5.41. The van der Waals surface area contributed by atoms with Gasteiger partial charge >= 0.3 is 6.01 Å². The molecule has 1 heterocycles. The van der Waals surface area contributed by atoms with Crippen LogP contribution in [0.1, 0.15) is 31.0 Å². The molecule has 90 valence electrons. The maximum Gasteiger partial charge on any atom is 0.317 e. The average molecular weight is 246 g/mol. The lowest BCUT2D eigenvalue weighted by Crippen LogP contribution is -2.37. The van der Waals surface area contributed by atoms with Crippen molar-refractivity contribution < 1.29 is 9.52 Å². The Morgan fingerprint density at radius 2 is 2.25 bits per heavy atom. The van der Waals surface area contributed by atoms with Gasteiger partial charge in [0.05, 0.1) is 6.10 Å². The van der Waals surface area contributed by atoms with E-state index >= 15 is 0 Å². The molecule has 0 saturated heterocycles. The molecule has 1 aliphatic carbocycles. The van der Waals surface area contributed by atoms with Crippen LogP contribution in [0.25, 0.3) is 0 Å². The fourth-order valence-electron chi connectivity index (χ4n) is 1.86. The van der Waals surface area contributed by atoms with E-state index in [0.29, 0.717) is 17.8 Å². The SMILES string of the molecule is CC(Cl)c1nnc(N(C)CC2CC(O)C2)o1. The van der Waals surface area contributed by atoms with Gasteiger partial charge in [0.1, 0.15) is 5.38 Å². The number of halogens is 1. The lowest BCUT2D eigenvalue weighted by molar-refractivity contribution is 0.0461. The van der Waals surface area contributed by atoms with Crippen molar-refractivity contribution in [1.82, 2.24) is 10.2 Å². The molecule has 1 saturated carbocycles. The summed E-state index contributed by atoms with van der Waals surface area (Å²) in [5.41, 5.74) is 0. The van der Waals surface area contributed by atoms with Gasteiger partial charge in [-0.1, -0.05) is 5.10 Å². The van der Waals surface area contributed by atoms with Gasteiger partial charge in [0.2, 0.25) is 5.89 Å². The highest BCUT2D eigenvalue weighted by Crippen LogP contribution is 2.29. The number of aliphatic hydroxyl groups is 1. The van der Waals surface area contributed by atoms with E-state index < -0.39 is 0 Å². The Morgan fingerprint density at radius 1 is 1.56 bits per heavy atom. The van der Waals surface area contributed by atoms with Gasteiger partial charge in [0, 0.05) is 13.6 Å². The zero-order chi connectivity index (χ0) is 11.7. The van der Waals surface area contributed by atoms with E-state index in [-0.39, 0.29) is 11.5 Å². The third-order valence-electron chi connectivity index (χ3n) is 2.84. The van der Waals surface area contributed by atoms with Crippen molar-refractivity contribution in [2.45, 2.75) is 31.2 Å². The van der Waals surface area contributed by atoms with Crippen molar-refractivity contribution in [3.63, 3.8) is 0 Å². The van der Waals surface area contributed by atoms with Gasteiger partial charge in [-0.25, -0.2) is 0 Å². The monoisotopic (exact) mass is 245 g/mol. The van der Waals surface area contributed by atoms with Crippen LogP contribution in [0.5, 0.6) is 0 Å². The second-order valence-corrected chi connectivity index (χ2v) is 5.07. The van der Waals surface area contributed by atoms with Gasteiger partial charge in [-0.3, -0.25) is 0 Å². The van der Waals surface area contributed by atoms with Crippen LogP contribution in [0, 0.1) is 5.92 Å². The van der Waals surface area contributed by atoms with Crippen molar-refractivity contribution in [2.75, 3.05) is 18.5 Å². The number of aromatic nitrogens is 2. The number of anilines is 1. The first-order chi connectivity index (χ1) is 7.56. The van der Waals surface area contributed by atoms with Gasteiger partial charge in [-0.15, -0.1) is 16.7 Å². The zero-order valence-electron chi connectivity index (χ0n) is 9.43. The Morgan fingerprint density at radius 3 is 2.75 bits per heavy atom. The van der Waals surface area contributed by atoms with E-state index in [1.54, 1.807) is 6.92 Å². The van der Waals surface area contributed by atoms with Crippen molar-refractivity contribution in [2.24, 2.45) is 5.92 Å². The lowest BCUT2D eigenvalue weighted by Gasteiger charge is -2.33. The molecule has 1 aliphatic rings. The molecule has 0 spiro atoms. The highest BCUT2D eigenvalue weighted by molar-refractivity contribution is 6.20. The molecule has 1 fully saturated rings. The minimum atomic E-state index is -0.264. The van der Waals surface area contributed by atoms with Crippen LogP contribution in [0.3, 0.4) is 0 Å². The Bertz CT molecular complexity index is 350.